The number of hydrogen-bond donors (Lipinski definition) is 0. The molecule has 1 aliphatic heterocycles. The van der Waals surface area contributed by atoms with Crippen molar-refractivity contribution in [1.29, 1.82) is 0 Å². The molecule has 1 aliphatic rings. The highest BCUT2D eigenvalue weighted by molar-refractivity contribution is 7.88. The molecular formula is C17H24N4O2S. The van der Waals surface area contributed by atoms with Gasteiger partial charge in [-0.3, -0.25) is 9.58 Å². The molecule has 7 heteroatoms. The normalized spacial score (nSPS) is 20.4. The molecule has 0 bridgehead atoms. The summed E-state index contributed by atoms with van der Waals surface area (Å²) >= 11 is 0. The molecule has 1 fully saturated rings. The predicted molar refractivity (Wildman–Crippen MR) is 94.9 cm³/mol. The molecule has 24 heavy (non-hydrogen) atoms. The van der Waals surface area contributed by atoms with Crippen LogP contribution >= 0.6 is 0 Å². The van der Waals surface area contributed by atoms with Gasteiger partial charge in [0.2, 0.25) is 10.0 Å². The lowest BCUT2D eigenvalue weighted by Gasteiger charge is -2.38. The lowest BCUT2D eigenvalue weighted by molar-refractivity contribution is 0.138. The van der Waals surface area contributed by atoms with E-state index in [0.717, 1.165) is 30.8 Å². The molecule has 0 unspecified atom stereocenters. The van der Waals surface area contributed by atoms with Crippen molar-refractivity contribution in [2.24, 2.45) is 7.05 Å². The smallest absolute Gasteiger partial charge is 0.211 e. The van der Waals surface area contributed by atoms with E-state index >= 15 is 0 Å². The maximum absolute atomic E-state index is 11.8. The van der Waals surface area contributed by atoms with Gasteiger partial charge in [0.25, 0.3) is 0 Å². The highest BCUT2D eigenvalue weighted by atomic mass is 32.2. The molecule has 1 atom stereocenters. The number of aryl methyl sites for hydroxylation is 1. The predicted octanol–water partition coefficient (Wildman–Crippen LogP) is 1.55. The fourth-order valence-electron chi connectivity index (χ4n) is 3.33. The summed E-state index contributed by atoms with van der Waals surface area (Å²) in [7, 11) is -1.20. The minimum absolute atomic E-state index is 0.00950. The molecular weight excluding hydrogens is 324 g/mol. The molecule has 0 spiro atoms. The number of hydrogen-bond acceptors (Lipinski definition) is 4. The second kappa shape index (κ2) is 6.66. The van der Waals surface area contributed by atoms with Crippen LogP contribution in [0.2, 0.25) is 0 Å². The largest absolute Gasteiger partial charge is 0.296 e. The van der Waals surface area contributed by atoms with Gasteiger partial charge in [0.1, 0.15) is 0 Å². The van der Waals surface area contributed by atoms with Crippen molar-refractivity contribution in [2.75, 3.05) is 25.9 Å². The summed E-state index contributed by atoms with van der Waals surface area (Å²) in [5.74, 6) is 0. The Morgan fingerprint density at radius 1 is 1.25 bits per heavy atom. The molecule has 1 aromatic carbocycles. The van der Waals surface area contributed by atoms with Crippen LogP contribution in [0.3, 0.4) is 0 Å². The van der Waals surface area contributed by atoms with Crippen molar-refractivity contribution in [3.8, 4) is 11.1 Å². The second-order valence-corrected chi connectivity index (χ2v) is 8.50. The van der Waals surface area contributed by atoms with Gasteiger partial charge in [-0.2, -0.15) is 9.40 Å². The standard InChI is InChI=1S/C17H24N4O2S/c1-14-11-20(7-8-21(14)24(3,22)23)12-15-5-4-6-16(9-15)17-10-18-19(2)13-17/h4-6,9-10,13-14H,7-8,11-12H2,1-3H3/t14-/m0/s1. The van der Waals surface area contributed by atoms with Crippen molar-refractivity contribution >= 4 is 10.0 Å². The fourth-order valence-corrected chi connectivity index (χ4v) is 4.46. The third-order valence-corrected chi connectivity index (χ3v) is 5.84. The van der Waals surface area contributed by atoms with E-state index in [-0.39, 0.29) is 6.04 Å². The third kappa shape index (κ3) is 3.85. The Balaban J connectivity index is 1.69. The van der Waals surface area contributed by atoms with Gasteiger partial charge in [-0.1, -0.05) is 18.2 Å². The Morgan fingerprint density at radius 3 is 2.67 bits per heavy atom. The van der Waals surface area contributed by atoms with Crippen LogP contribution in [0.4, 0.5) is 0 Å². The summed E-state index contributed by atoms with van der Waals surface area (Å²) in [6.07, 6.45) is 5.16. The zero-order valence-corrected chi connectivity index (χ0v) is 15.2. The molecule has 130 valence electrons. The highest BCUT2D eigenvalue weighted by Crippen LogP contribution is 2.21. The van der Waals surface area contributed by atoms with Gasteiger partial charge in [-0.25, -0.2) is 8.42 Å². The van der Waals surface area contributed by atoms with Crippen LogP contribution in [0.5, 0.6) is 0 Å². The Morgan fingerprint density at radius 2 is 2.04 bits per heavy atom. The number of aromatic nitrogens is 2. The lowest BCUT2D eigenvalue weighted by Crippen LogP contribution is -2.53. The molecule has 0 N–H and O–H groups in total. The highest BCUT2D eigenvalue weighted by Gasteiger charge is 2.29. The Bertz CT molecular complexity index is 816. The molecule has 1 aromatic heterocycles. The van der Waals surface area contributed by atoms with E-state index in [1.54, 1.807) is 8.99 Å². The number of benzene rings is 1. The molecule has 0 radical (unpaired) electrons. The van der Waals surface area contributed by atoms with Crippen LogP contribution in [0.1, 0.15) is 12.5 Å². The molecule has 3 rings (SSSR count). The summed E-state index contributed by atoms with van der Waals surface area (Å²) in [6.45, 7) is 4.87. The molecule has 0 amide bonds. The second-order valence-electron chi connectivity index (χ2n) is 6.56. The van der Waals surface area contributed by atoms with Crippen LogP contribution in [-0.2, 0) is 23.6 Å². The van der Waals surface area contributed by atoms with Gasteiger partial charge in [0, 0.05) is 51.0 Å². The topological polar surface area (TPSA) is 58.4 Å². The number of rotatable bonds is 4. The van der Waals surface area contributed by atoms with Gasteiger partial charge in [-0.15, -0.1) is 0 Å². The Hall–Kier alpha value is -1.70. The van der Waals surface area contributed by atoms with Crippen LogP contribution < -0.4 is 0 Å². The zero-order valence-electron chi connectivity index (χ0n) is 14.4. The summed E-state index contributed by atoms with van der Waals surface area (Å²) in [5, 5.41) is 4.22. The van der Waals surface area contributed by atoms with Crippen molar-refractivity contribution in [3.63, 3.8) is 0 Å². The lowest BCUT2D eigenvalue weighted by atomic mass is 10.1. The first-order valence-electron chi connectivity index (χ1n) is 8.10. The van der Waals surface area contributed by atoms with E-state index in [1.165, 1.54) is 11.8 Å². The Kier molecular flexibility index (Phi) is 4.76. The molecule has 0 aliphatic carbocycles. The summed E-state index contributed by atoms with van der Waals surface area (Å²) in [5.41, 5.74) is 3.49. The minimum atomic E-state index is -3.11. The van der Waals surface area contributed by atoms with Gasteiger partial charge in [0.15, 0.2) is 0 Å². The van der Waals surface area contributed by atoms with E-state index in [9.17, 15) is 8.42 Å². The van der Waals surface area contributed by atoms with Crippen molar-refractivity contribution < 1.29 is 8.42 Å². The van der Waals surface area contributed by atoms with Crippen LogP contribution in [0.25, 0.3) is 11.1 Å². The van der Waals surface area contributed by atoms with Crippen molar-refractivity contribution in [1.82, 2.24) is 19.0 Å². The maximum Gasteiger partial charge on any atom is 0.211 e. The average molecular weight is 348 g/mol. The zero-order chi connectivity index (χ0) is 17.3. The van der Waals surface area contributed by atoms with Gasteiger partial charge in [0.05, 0.1) is 12.5 Å². The van der Waals surface area contributed by atoms with Crippen LogP contribution in [0, 0.1) is 0 Å². The third-order valence-electron chi connectivity index (χ3n) is 4.45. The number of sulfonamides is 1. The monoisotopic (exact) mass is 348 g/mol. The maximum atomic E-state index is 11.8. The number of piperazine rings is 1. The average Bonchev–Trinajstić information content (AvgIpc) is 2.93. The quantitative estimate of drug-likeness (QED) is 0.841. The molecule has 0 saturated carbocycles. The van der Waals surface area contributed by atoms with Crippen LogP contribution in [0.15, 0.2) is 36.7 Å². The summed E-state index contributed by atoms with van der Waals surface area (Å²) < 4.78 is 26.9. The first-order valence-corrected chi connectivity index (χ1v) is 9.95. The molecule has 2 heterocycles. The summed E-state index contributed by atoms with van der Waals surface area (Å²) in [4.78, 5) is 2.31. The van der Waals surface area contributed by atoms with Crippen molar-refractivity contribution in [2.45, 2.75) is 19.5 Å². The van der Waals surface area contributed by atoms with E-state index in [2.05, 4.69) is 34.3 Å². The SMILES string of the molecule is C[C@H]1CN(Cc2cccc(-c3cnn(C)c3)c2)CCN1S(C)(=O)=O. The number of nitrogens with zero attached hydrogens (tertiary/aromatic N) is 4. The first-order chi connectivity index (χ1) is 11.3. The van der Waals surface area contributed by atoms with Crippen LogP contribution in [-0.4, -0.2) is 59.3 Å². The van der Waals surface area contributed by atoms with E-state index in [4.69, 9.17) is 0 Å². The molecule has 1 saturated heterocycles. The van der Waals surface area contributed by atoms with E-state index in [1.807, 2.05) is 26.4 Å². The molecule has 2 aromatic rings. The Labute approximate surface area is 143 Å². The van der Waals surface area contributed by atoms with Gasteiger partial charge >= 0.3 is 0 Å². The minimum Gasteiger partial charge on any atom is -0.296 e. The molecule has 6 nitrogen and oxygen atoms in total. The van der Waals surface area contributed by atoms with Gasteiger partial charge < -0.3 is 0 Å². The fraction of sp³-hybridized carbons (Fsp3) is 0.471. The summed E-state index contributed by atoms with van der Waals surface area (Å²) in [6, 6.07) is 8.46. The first kappa shape index (κ1) is 17.1. The van der Waals surface area contributed by atoms with Gasteiger partial charge in [-0.05, 0) is 24.1 Å². The van der Waals surface area contributed by atoms with E-state index in [0.29, 0.717) is 6.54 Å². The van der Waals surface area contributed by atoms with E-state index < -0.39 is 10.0 Å². The van der Waals surface area contributed by atoms with Crippen molar-refractivity contribution in [3.05, 3.63) is 42.2 Å².